The third kappa shape index (κ3) is 4.48. The number of methoxy groups -OCH3 is 2. The van der Waals surface area contributed by atoms with E-state index in [-0.39, 0.29) is 0 Å². The SMILES string of the molecule is COc1ccc(CN/N=C(\C)c2cc(C)ccc2Br)cc1OC. The van der Waals surface area contributed by atoms with Gasteiger partial charge in [-0.3, -0.25) is 0 Å². The van der Waals surface area contributed by atoms with Crippen molar-refractivity contribution >= 4 is 21.6 Å². The molecule has 0 heterocycles. The van der Waals surface area contributed by atoms with Gasteiger partial charge in [-0.25, -0.2) is 0 Å². The average molecular weight is 377 g/mol. The summed E-state index contributed by atoms with van der Waals surface area (Å²) in [6.07, 6.45) is 0. The molecule has 0 saturated heterocycles. The molecule has 0 atom stereocenters. The summed E-state index contributed by atoms with van der Waals surface area (Å²) >= 11 is 3.56. The van der Waals surface area contributed by atoms with Crippen LogP contribution in [0.4, 0.5) is 0 Å². The molecule has 2 rings (SSSR count). The molecule has 0 unspecified atom stereocenters. The maximum atomic E-state index is 5.31. The molecule has 0 bridgehead atoms. The fourth-order valence-corrected chi connectivity index (χ4v) is 2.75. The largest absolute Gasteiger partial charge is 0.493 e. The van der Waals surface area contributed by atoms with Crippen LogP contribution in [0.25, 0.3) is 0 Å². The molecule has 122 valence electrons. The number of rotatable bonds is 6. The molecule has 1 N–H and O–H groups in total. The maximum absolute atomic E-state index is 5.31. The second-order valence-corrected chi connectivity index (χ2v) is 6.06. The van der Waals surface area contributed by atoms with Gasteiger partial charge in [0.15, 0.2) is 11.5 Å². The lowest BCUT2D eigenvalue weighted by molar-refractivity contribution is 0.354. The van der Waals surface area contributed by atoms with Crippen LogP contribution in [0.15, 0.2) is 46.0 Å². The Labute approximate surface area is 145 Å². The van der Waals surface area contributed by atoms with E-state index in [1.165, 1.54) is 5.56 Å². The fourth-order valence-electron chi connectivity index (χ4n) is 2.22. The Bertz CT molecular complexity index is 714. The van der Waals surface area contributed by atoms with Crippen LogP contribution in [-0.4, -0.2) is 19.9 Å². The molecule has 0 aliphatic rings. The molecule has 0 aromatic heterocycles. The van der Waals surface area contributed by atoms with E-state index in [0.29, 0.717) is 12.3 Å². The summed E-state index contributed by atoms with van der Waals surface area (Å²) in [6.45, 7) is 4.67. The van der Waals surface area contributed by atoms with Crippen LogP contribution in [0, 0.1) is 6.92 Å². The van der Waals surface area contributed by atoms with E-state index in [9.17, 15) is 0 Å². The van der Waals surface area contributed by atoms with Gasteiger partial charge < -0.3 is 14.9 Å². The van der Waals surface area contributed by atoms with Crippen LogP contribution in [0.1, 0.15) is 23.6 Å². The molecule has 0 fully saturated rings. The smallest absolute Gasteiger partial charge is 0.161 e. The van der Waals surface area contributed by atoms with Crippen molar-refractivity contribution < 1.29 is 9.47 Å². The van der Waals surface area contributed by atoms with Crippen molar-refractivity contribution in [3.8, 4) is 11.5 Å². The molecule has 2 aromatic carbocycles. The summed E-state index contributed by atoms with van der Waals surface area (Å²) < 4.78 is 11.6. The summed E-state index contributed by atoms with van der Waals surface area (Å²) in [7, 11) is 3.26. The second kappa shape index (κ2) is 8.02. The highest BCUT2D eigenvalue weighted by Gasteiger charge is 2.05. The van der Waals surface area contributed by atoms with Crippen LogP contribution in [0.3, 0.4) is 0 Å². The average Bonchev–Trinajstić information content (AvgIpc) is 2.56. The van der Waals surface area contributed by atoms with Crippen molar-refractivity contribution in [2.24, 2.45) is 5.10 Å². The number of nitrogens with zero attached hydrogens (tertiary/aromatic N) is 1. The normalized spacial score (nSPS) is 11.3. The summed E-state index contributed by atoms with van der Waals surface area (Å²) in [5, 5.41) is 4.45. The molecule has 2 aromatic rings. The van der Waals surface area contributed by atoms with E-state index in [1.807, 2.05) is 31.2 Å². The Balaban J connectivity index is 2.07. The highest BCUT2D eigenvalue weighted by atomic mass is 79.9. The number of hydrazone groups is 1. The number of benzene rings is 2. The van der Waals surface area contributed by atoms with Crippen LogP contribution in [0.2, 0.25) is 0 Å². The monoisotopic (exact) mass is 376 g/mol. The Morgan fingerprint density at radius 2 is 1.83 bits per heavy atom. The Hall–Kier alpha value is -2.01. The number of hydrogen-bond acceptors (Lipinski definition) is 4. The van der Waals surface area contributed by atoms with Gasteiger partial charge in [-0.1, -0.05) is 33.6 Å². The second-order valence-electron chi connectivity index (χ2n) is 5.20. The first-order valence-corrected chi connectivity index (χ1v) is 8.09. The van der Waals surface area contributed by atoms with Gasteiger partial charge in [0, 0.05) is 10.0 Å². The van der Waals surface area contributed by atoms with Crippen LogP contribution >= 0.6 is 15.9 Å². The topological polar surface area (TPSA) is 42.8 Å². The minimum atomic E-state index is 0.612. The number of ether oxygens (including phenoxy) is 2. The third-order valence-corrected chi connectivity index (χ3v) is 4.18. The molecular weight excluding hydrogens is 356 g/mol. The highest BCUT2D eigenvalue weighted by Crippen LogP contribution is 2.27. The van der Waals surface area contributed by atoms with Gasteiger partial charge in [0.05, 0.1) is 26.5 Å². The van der Waals surface area contributed by atoms with E-state index in [0.717, 1.165) is 27.1 Å². The lowest BCUT2D eigenvalue weighted by Gasteiger charge is -2.10. The van der Waals surface area contributed by atoms with E-state index in [4.69, 9.17) is 9.47 Å². The molecular formula is C18H21BrN2O2. The van der Waals surface area contributed by atoms with Crippen molar-refractivity contribution in [2.45, 2.75) is 20.4 Å². The van der Waals surface area contributed by atoms with Crippen molar-refractivity contribution in [1.29, 1.82) is 0 Å². The standard InChI is InChI=1S/C18H21BrN2O2/c1-12-5-7-16(19)15(9-12)13(2)21-20-11-14-6-8-17(22-3)18(10-14)23-4/h5-10,20H,11H2,1-4H3/b21-13+. The zero-order valence-electron chi connectivity index (χ0n) is 13.8. The summed E-state index contributed by atoms with van der Waals surface area (Å²) in [4.78, 5) is 0. The Kier molecular flexibility index (Phi) is 6.04. The molecule has 5 heteroatoms. The van der Waals surface area contributed by atoms with Gasteiger partial charge in [-0.2, -0.15) is 5.10 Å². The number of halogens is 1. The zero-order chi connectivity index (χ0) is 16.8. The van der Waals surface area contributed by atoms with Crippen molar-refractivity contribution in [1.82, 2.24) is 5.43 Å². The van der Waals surface area contributed by atoms with Crippen molar-refractivity contribution in [3.63, 3.8) is 0 Å². The summed E-state index contributed by atoms with van der Waals surface area (Å²) in [5.74, 6) is 1.44. The minimum Gasteiger partial charge on any atom is -0.493 e. The molecule has 0 aliphatic heterocycles. The third-order valence-electron chi connectivity index (χ3n) is 3.49. The van der Waals surface area contributed by atoms with E-state index in [1.54, 1.807) is 14.2 Å². The lowest BCUT2D eigenvalue weighted by atomic mass is 10.1. The quantitative estimate of drug-likeness (QED) is 0.603. The first-order valence-electron chi connectivity index (χ1n) is 7.29. The molecule has 0 saturated carbocycles. The first-order chi connectivity index (χ1) is 11.0. The maximum Gasteiger partial charge on any atom is 0.161 e. The fraction of sp³-hybridized carbons (Fsp3) is 0.278. The molecule has 0 spiro atoms. The van der Waals surface area contributed by atoms with Crippen molar-refractivity contribution in [2.75, 3.05) is 14.2 Å². The number of nitrogens with one attached hydrogen (secondary N) is 1. The summed E-state index contributed by atoms with van der Waals surface area (Å²) in [5.41, 5.74) is 7.40. The predicted octanol–water partition coefficient (Wildman–Crippen LogP) is 4.29. The molecule has 4 nitrogen and oxygen atoms in total. The molecule has 0 amide bonds. The molecule has 0 aliphatic carbocycles. The van der Waals surface area contributed by atoms with Crippen LogP contribution in [0.5, 0.6) is 11.5 Å². The minimum absolute atomic E-state index is 0.612. The van der Waals surface area contributed by atoms with E-state index >= 15 is 0 Å². The zero-order valence-corrected chi connectivity index (χ0v) is 15.4. The van der Waals surface area contributed by atoms with E-state index in [2.05, 4.69) is 45.5 Å². The van der Waals surface area contributed by atoms with Gasteiger partial charge in [-0.15, -0.1) is 0 Å². The molecule has 23 heavy (non-hydrogen) atoms. The van der Waals surface area contributed by atoms with Gasteiger partial charge in [-0.05, 0) is 43.7 Å². The predicted molar refractivity (Wildman–Crippen MR) is 97.5 cm³/mol. The van der Waals surface area contributed by atoms with E-state index < -0.39 is 0 Å². The Morgan fingerprint density at radius 1 is 1.09 bits per heavy atom. The van der Waals surface area contributed by atoms with Gasteiger partial charge in [0.25, 0.3) is 0 Å². The van der Waals surface area contributed by atoms with Gasteiger partial charge in [0.2, 0.25) is 0 Å². The van der Waals surface area contributed by atoms with Gasteiger partial charge >= 0.3 is 0 Å². The number of aryl methyl sites for hydroxylation is 1. The van der Waals surface area contributed by atoms with Gasteiger partial charge in [0.1, 0.15) is 0 Å². The van der Waals surface area contributed by atoms with Crippen LogP contribution < -0.4 is 14.9 Å². The molecule has 0 radical (unpaired) electrons. The Morgan fingerprint density at radius 3 is 2.52 bits per heavy atom. The number of hydrogen-bond donors (Lipinski definition) is 1. The summed E-state index contributed by atoms with van der Waals surface area (Å²) in [6, 6.07) is 12.0. The first kappa shape index (κ1) is 17.3. The van der Waals surface area contributed by atoms with Crippen molar-refractivity contribution in [3.05, 3.63) is 57.6 Å². The highest BCUT2D eigenvalue weighted by molar-refractivity contribution is 9.10. The van der Waals surface area contributed by atoms with Crippen LogP contribution in [-0.2, 0) is 6.54 Å². The lowest BCUT2D eigenvalue weighted by Crippen LogP contribution is -2.10.